The molecule has 0 atom stereocenters. The number of nitrogens with one attached hydrogen (secondary N) is 2. The van der Waals surface area contributed by atoms with Gasteiger partial charge in [0.15, 0.2) is 0 Å². The average molecular weight is 288 g/mol. The number of hydrogen-bond donors (Lipinski definition) is 2. The number of aromatic amines is 1. The van der Waals surface area contributed by atoms with E-state index in [4.69, 9.17) is 0 Å². The van der Waals surface area contributed by atoms with Gasteiger partial charge in [-0.3, -0.25) is 5.10 Å². The summed E-state index contributed by atoms with van der Waals surface area (Å²) >= 11 is 1.71. The third kappa shape index (κ3) is 2.78. The molecule has 0 aliphatic heterocycles. The van der Waals surface area contributed by atoms with Crippen molar-refractivity contribution in [3.05, 3.63) is 41.4 Å². The van der Waals surface area contributed by atoms with E-state index in [1.165, 1.54) is 10.4 Å². The summed E-state index contributed by atoms with van der Waals surface area (Å²) in [6, 6.07) is 4.15. The van der Waals surface area contributed by atoms with Gasteiger partial charge < -0.3 is 9.88 Å². The van der Waals surface area contributed by atoms with Gasteiger partial charge in [0.05, 0.1) is 16.8 Å². The van der Waals surface area contributed by atoms with Gasteiger partial charge >= 0.3 is 0 Å². The van der Waals surface area contributed by atoms with Crippen LogP contribution in [0.3, 0.4) is 0 Å². The second-order valence-electron chi connectivity index (χ2n) is 4.53. The largest absolute Gasteiger partial charge is 0.321 e. The van der Waals surface area contributed by atoms with E-state index in [9.17, 15) is 0 Å². The zero-order valence-electron chi connectivity index (χ0n) is 11.2. The first-order valence-electron chi connectivity index (χ1n) is 6.44. The maximum atomic E-state index is 4.14. The third-order valence-corrected chi connectivity index (χ3v) is 4.02. The summed E-state index contributed by atoms with van der Waals surface area (Å²) < 4.78 is 1.94. The maximum absolute atomic E-state index is 4.14. The number of aromatic nitrogens is 5. The van der Waals surface area contributed by atoms with Gasteiger partial charge in [0.1, 0.15) is 12.2 Å². The van der Waals surface area contributed by atoms with Crippen molar-refractivity contribution in [2.45, 2.75) is 13.0 Å². The highest BCUT2D eigenvalue weighted by Gasteiger charge is 2.08. The molecule has 0 unspecified atom stereocenters. The Morgan fingerprint density at radius 1 is 1.45 bits per heavy atom. The summed E-state index contributed by atoms with van der Waals surface area (Å²) in [5.74, 6) is 0.989. The first kappa shape index (κ1) is 13.0. The van der Waals surface area contributed by atoms with Crippen molar-refractivity contribution in [3.63, 3.8) is 0 Å². The lowest BCUT2D eigenvalue weighted by Gasteiger charge is -2.04. The van der Waals surface area contributed by atoms with Gasteiger partial charge in [-0.2, -0.15) is 5.10 Å². The lowest BCUT2D eigenvalue weighted by Crippen LogP contribution is -2.18. The quantitative estimate of drug-likeness (QED) is 0.676. The molecule has 0 aliphatic rings. The maximum Gasteiger partial charge on any atom is 0.133 e. The van der Waals surface area contributed by atoms with Crippen LogP contribution in [0, 0.1) is 0 Å². The van der Waals surface area contributed by atoms with Gasteiger partial charge in [-0.15, -0.1) is 21.5 Å². The summed E-state index contributed by atoms with van der Waals surface area (Å²) in [5, 5.41) is 20.6. The van der Waals surface area contributed by atoms with Gasteiger partial charge in [0, 0.05) is 32.1 Å². The molecular weight excluding hydrogens is 272 g/mol. The molecule has 0 fully saturated rings. The van der Waals surface area contributed by atoms with Crippen LogP contribution in [-0.4, -0.2) is 31.5 Å². The summed E-state index contributed by atoms with van der Waals surface area (Å²) in [5.41, 5.74) is 2.29. The number of nitrogens with zero attached hydrogens (tertiary/aromatic N) is 4. The van der Waals surface area contributed by atoms with Gasteiger partial charge in [0.2, 0.25) is 0 Å². The fourth-order valence-electron chi connectivity index (χ4n) is 2.04. The molecule has 2 N–H and O–H groups in total. The fraction of sp³-hybridized carbons (Fsp3) is 0.308. The smallest absolute Gasteiger partial charge is 0.133 e. The zero-order chi connectivity index (χ0) is 13.8. The van der Waals surface area contributed by atoms with Crippen LogP contribution >= 0.6 is 11.3 Å². The van der Waals surface area contributed by atoms with Crippen molar-refractivity contribution >= 4 is 11.3 Å². The number of H-pyrrole nitrogens is 1. The molecule has 0 radical (unpaired) electrons. The molecule has 3 heterocycles. The number of thiophene rings is 1. The van der Waals surface area contributed by atoms with Crippen LogP contribution in [0.4, 0.5) is 0 Å². The molecule has 0 saturated heterocycles. The van der Waals surface area contributed by atoms with Crippen LogP contribution in [0.1, 0.15) is 11.4 Å². The molecule has 7 heteroatoms. The molecule has 104 valence electrons. The van der Waals surface area contributed by atoms with E-state index in [-0.39, 0.29) is 0 Å². The van der Waals surface area contributed by atoms with Crippen molar-refractivity contribution < 1.29 is 0 Å². The highest BCUT2D eigenvalue weighted by Crippen LogP contribution is 2.25. The second kappa shape index (κ2) is 5.98. The molecule has 0 bridgehead atoms. The molecule has 0 aromatic carbocycles. The van der Waals surface area contributed by atoms with Crippen molar-refractivity contribution in [1.29, 1.82) is 0 Å². The highest BCUT2D eigenvalue weighted by molar-refractivity contribution is 7.13. The number of rotatable bonds is 6. The summed E-state index contributed by atoms with van der Waals surface area (Å²) in [6.45, 7) is 1.66. The van der Waals surface area contributed by atoms with Crippen molar-refractivity contribution in [1.82, 2.24) is 30.3 Å². The Hall–Kier alpha value is -1.99. The Balaban J connectivity index is 1.55. The molecule has 3 rings (SSSR count). The Morgan fingerprint density at radius 2 is 2.40 bits per heavy atom. The van der Waals surface area contributed by atoms with E-state index in [1.54, 1.807) is 17.7 Å². The summed E-state index contributed by atoms with van der Waals surface area (Å²) in [6.07, 6.45) is 4.47. The molecule has 3 aromatic rings. The van der Waals surface area contributed by atoms with Crippen LogP contribution in [0.25, 0.3) is 10.6 Å². The molecule has 0 spiro atoms. The number of hydrogen-bond acceptors (Lipinski definition) is 5. The molecular formula is C13H16N6S. The fourth-order valence-corrected chi connectivity index (χ4v) is 2.79. The standard InChI is InChI=1S/C13H16N6S/c1-19-9-16-17-12(19)4-5-14-7-10-8-15-18-13(10)11-3-2-6-20-11/h2-3,6,8-9,14H,4-5,7H2,1H3,(H,15,18). The molecule has 6 nitrogen and oxygen atoms in total. The monoisotopic (exact) mass is 288 g/mol. The van der Waals surface area contributed by atoms with E-state index in [0.29, 0.717) is 0 Å². The van der Waals surface area contributed by atoms with Gasteiger partial charge in [0.25, 0.3) is 0 Å². The Morgan fingerprint density at radius 3 is 3.15 bits per heavy atom. The average Bonchev–Trinajstić information content (AvgIpc) is 3.16. The third-order valence-electron chi connectivity index (χ3n) is 3.13. The minimum atomic E-state index is 0.793. The Bertz CT molecular complexity index is 654. The predicted octanol–water partition coefficient (Wildman–Crippen LogP) is 1.60. The summed E-state index contributed by atoms with van der Waals surface area (Å²) in [4.78, 5) is 1.22. The van der Waals surface area contributed by atoms with Gasteiger partial charge in [-0.05, 0) is 11.4 Å². The van der Waals surface area contributed by atoms with E-state index in [0.717, 1.165) is 31.0 Å². The van der Waals surface area contributed by atoms with Crippen LogP contribution in [-0.2, 0) is 20.0 Å². The SMILES string of the molecule is Cn1cnnc1CCNCc1cn[nH]c1-c1cccs1. The molecule has 3 aromatic heterocycles. The van der Waals surface area contributed by atoms with E-state index >= 15 is 0 Å². The molecule has 0 aliphatic carbocycles. The first-order chi connectivity index (χ1) is 9.84. The molecule has 20 heavy (non-hydrogen) atoms. The second-order valence-corrected chi connectivity index (χ2v) is 5.48. The van der Waals surface area contributed by atoms with Crippen LogP contribution in [0.2, 0.25) is 0 Å². The lowest BCUT2D eigenvalue weighted by molar-refractivity contribution is 0.654. The molecule has 0 amide bonds. The van der Waals surface area contributed by atoms with E-state index in [2.05, 4.69) is 37.2 Å². The minimum absolute atomic E-state index is 0.793. The van der Waals surface area contributed by atoms with E-state index in [1.807, 2.05) is 23.9 Å². The number of aryl methyl sites for hydroxylation is 1. The first-order valence-corrected chi connectivity index (χ1v) is 7.32. The normalized spacial score (nSPS) is 11.1. The summed E-state index contributed by atoms with van der Waals surface area (Å²) in [7, 11) is 1.96. The van der Waals surface area contributed by atoms with Crippen molar-refractivity contribution in [2.75, 3.05) is 6.54 Å². The van der Waals surface area contributed by atoms with Crippen LogP contribution in [0.5, 0.6) is 0 Å². The van der Waals surface area contributed by atoms with E-state index < -0.39 is 0 Å². The lowest BCUT2D eigenvalue weighted by atomic mass is 10.2. The van der Waals surface area contributed by atoms with Crippen molar-refractivity contribution in [3.8, 4) is 10.6 Å². The minimum Gasteiger partial charge on any atom is -0.321 e. The Labute approximate surface area is 120 Å². The topological polar surface area (TPSA) is 71.4 Å². The Kier molecular flexibility index (Phi) is 3.89. The van der Waals surface area contributed by atoms with Crippen LogP contribution < -0.4 is 5.32 Å². The van der Waals surface area contributed by atoms with Gasteiger partial charge in [-0.1, -0.05) is 6.07 Å². The predicted molar refractivity (Wildman–Crippen MR) is 78.3 cm³/mol. The van der Waals surface area contributed by atoms with Crippen LogP contribution in [0.15, 0.2) is 30.0 Å². The van der Waals surface area contributed by atoms with Gasteiger partial charge in [-0.25, -0.2) is 0 Å². The zero-order valence-corrected chi connectivity index (χ0v) is 12.0. The molecule has 0 saturated carbocycles. The highest BCUT2D eigenvalue weighted by atomic mass is 32.1. The van der Waals surface area contributed by atoms with Crippen molar-refractivity contribution in [2.24, 2.45) is 7.05 Å².